The molecule has 0 fully saturated rings. The molecule has 0 radical (unpaired) electrons. The molecular weight excluding hydrogens is 292 g/mol. The highest BCUT2D eigenvalue weighted by atomic mass is 16.6. The second kappa shape index (κ2) is 5.88. The first-order valence-electron chi connectivity index (χ1n) is 6.97. The average molecular weight is 306 g/mol. The van der Waals surface area contributed by atoms with Crippen molar-refractivity contribution in [2.24, 2.45) is 0 Å². The molecular formula is C18H14N2O3. The van der Waals surface area contributed by atoms with Crippen molar-refractivity contribution >= 4 is 22.2 Å². The third kappa shape index (κ3) is 2.76. The van der Waals surface area contributed by atoms with Crippen molar-refractivity contribution in [1.29, 1.82) is 0 Å². The smallest absolute Gasteiger partial charge is 0.269 e. The third-order valence-corrected chi connectivity index (χ3v) is 3.70. The number of nitro groups is 1. The van der Waals surface area contributed by atoms with Gasteiger partial charge < -0.3 is 4.74 Å². The fourth-order valence-electron chi connectivity index (χ4n) is 2.46. The van der Waals surface area contributed by atoms with E-state index in [0.717, 1.165) is 33.4 Å². The highest BCUT2D eigenvalue weighted by Crippen LogP contribution is 2.30. The molecule has 3 rings (SSSR count). The Morgan fingerprint density at radius 1 is 1.17 bits per heavy atom. The number of nitro benzene ring substituents is 1. The molecule has 0 aliphatic heterocycles. The summed E-state index contributed by atoms with van der Waals surface area (Å²) in [6.45, 7) is 4.13. The van der Waals surface area contributed by atoms with Crippen LogP contribution >= 0.6 is 0 Å². The van der Waals surface area contributed by atoms with E-state index in [1.807, 2.05) is 24.3 Å². The molecule has 1 heterocycles. The Hall–Kier alpha value is -3.21. The van der Waals surface area contributed by atoms with E-state index in [2.05, 4.69) is 11.6 Å². The summed E-state index contributed by atoms with van der Waals surface area (Å²) in [5, 5.41) is 11.7. The number of benzene rings is 2. The van der Waals surface area contributed by atoms with E-state index in [1.54, 1.807) is 25.4 Å². The number of fused-ring (bicyclic) bond motifs is 1. The van der Waals surface area contributed by atoms with E-state index in [-0.39, 0.29) is 5.69 Å². The normalized spacial score (nSPS) is 10.5. The van der Waals surface area contributed by atoms with Crippen LogP contribution < -0.4 is 4.74 Å². The van der Waals surface area contributed by atoms with Crippen molar-refractivity contribution in [3.8, 4) is 5.75 Å². The van der Waals surface area contributed by atoms with Crippen molar-refractivity contribution in [3.63, 3.8) is 0 Å². The van der Waals surface area contributed by atoms with Gasteiger partial charge >= 0.3 is 0 Å². The number of aromatic nitrogens is 1. The molecule has 0 aliphatic carbocycles. The number of rotatable bonds is 4. The lowest BCUT2D eigenvalue weighted by molar-refractivity contribution is -0.384. The molecule has 23 heavy (non-hydrogen) atoms. The van der Waals surface area contributed by atoms with Crippen LogP contribution in [0.5, 0.6) is 5.75 Å². The van der Waals surface area contributed by atoms with Crippen molar-refractivity contribution in [2.45, 2.75) is 0 Å². The number of hydrogen-bond acceptors (Lipinski definition) is 4. The Bertz CT molecular complexity index is 902. The lowest BCUT2D eigenvalue weighted by atomic mass is 9.96. The number of nitrogens with zero attached hydrogens (tertiary/aromatic N) is 2. The second-order valence-electron chi connectivity index (χ2n) is 5.02. The molecule has 0 spiro atoms. The Kier molecular flexibility index (Phi) is 3.76. The van der Waals surface area contributed by atoms with Crippen molar-refractivity contribution in [1.82, 2.24) is 4.98 Å². The van der Waals surface area contributed by atoms with E-state index in [4.69, 9.17) is 4.74 Å². The van der Waals surface area contributed by atoms with Crippen molar-refractivity contribution in [2.75, 3.05) is 7.11 Å². The standard InChI is InChI=1S/C18H14N2O3/c1-12(13-3-5-14(6-4-13)20(21)22)16-9-10-19-18-11-15(23-2)7-8-17(16)18/h3-11H,1H2,2H3. The van der Waals surface area contributed by atoms with E-state index in [9.17, 15) is 10.1 Å². The van der Waals surface area contributed by atoms with Crippen LogP contribution in [0.3, 0.4) is 0 Å². The molecule has 1 aromatic heterocycles. The second-order valence-corrected chi connectivity index (χ2v) is 5.02. The Morgan fingerprint density at radius 3 is 2.57 bits per heavy atom. The predicted octanol–water partition coefficient (Wildman–Crippen LogP) is 4.21. The van der Waals surface area contributed by atoms with Crippen LogP contribution in [0.2, 0.25) is 0 Å². The summed E-state index contributed by atoms with van der Waals surface area (Å²) < 4.78 is 5.22. The van der Waals surface area contributed by atoms with Gasteiger partial charge in [-0.25, -0.2) is 0 Å². The van der Waals surface area contributed by atoms with Gasteiger partial charge in [0.05, 0.1) is 17.5 Å². The van der Waals surface area contributed by atoms with Gasteiger partial charge in [-0.2, -0.15) is 0 Å². The van der Waals surface area contributed by atoms with Crippen LogP contribution in [-0.2, 0) is 0 Å². The highest BCUT2D eigenvalue weighted by Gasteiger charge is 2.10. The topological polar surface area (TPSA) is 65.3 Å². The number of hydrogen-bond donors (Lipinski definition) is 0. The summed E-state index contributed by atoms with van der Waals surface area (Å²) in [6.07, 6.45) is 1.72. The zero-order valence-electron chi connectivity index (χ0n) is 12.5. The summed E-state index contributed by atoms with van der Waals surface area (Å²) >= 11 is 0. The lowest BCUT2D eigenvalue weighted by Gasteiger charge is -2.10. The minimum Gasteiger partial charge on any atom is -0.497 e. The van der Waals surface area contributed by atoms with Gasteiger partial charge in [0.2, 0.25) is 0 Å². The fourth-order valence-corrected chi connectivity index (χ4v) is 2.46. The van der Waals surface area contributed by atoms with Gasteiger partial charge in [0.15, 0.2) is 0 Å². The van der Waals surface area contributed by atoms with Crippen LogP contribution in [0.4, 0.5) is 5.69 Å². The molecule has 5 heteroatoms. The van der Waals surface area contributed by atoms with E-state index in [0.29, 0.717) is 0 Å². The lowest BCUT2D eigenvalue weighted by Crippen LogP contribution is -1.92. The van der Waals surface area contributed by atoms with Crippen LogP contribution in [0.1, 0.15) is 11.1 Å². The minimum absolute atomic E-state index is 0.0610. The summed E-state index contributed by atoms with van der Waals surface area (Å²) in [5.74, 6) is 0.739. The first-order chi connectivity index (χ1) is 11.1. The van der Waals surface area contributed by atoms with Crippen LogP contribution in [0, 0.1) is 10.1 Å². The van der Waals surface area contributed by atoms with Crippen LogP contribution in [-0.4, -0.2) is 17.0 Å². The summed E-state index contributed by atoms with van der Waals surface area (Å²) in [6, 6.07) is 13.9. The van der Waals surface area contributed by atoms with Gasteiger partial charge in [0.1, 0.15) is 5.75 Å². The van der Waals surface area contributed by atoms with E-state index in [1.165, 1.54) is 12.1 Å². The quantitative estimate of drug-likeness (QED) is 0.535. The molecule has 114 valence electrons. The molecule has 0 bridgehead atoms. The Balaban J connectivity index is 2.05. The molecule has 0 aliphatic rings. The average Bonchev–Trinajstić information content (AvgIpc) is 2.60. The molecule has 0 saturated carbocycles. The van der Waals surface area contributed by atoms with Gasteiger partial charge in [-0.15, -0.1) is 0 Å². The third-order valence-electron chi connectivity index (χ3n) is 3.70. The molecule has 3 aromatic rings. The zero-order chi connectivity index (χ0) is 16.4. The first-order valence-corrected chi connectivity index (χ1v) is 6.97. The van der Waals surface area contributed by atoms with Gasteiger partial charge in [-0.05, 0) is 47.0 Å². The molecule has 0 unspecified atom stereocenters. The maximum atomic E-state index is 10.8. The van der Waals surface area contributed by atoms with Crippen molar-refractivity contribution < 1.29 is 9.66 Å². The summed E-state index contributed by atoms with van der Waals surface area (Å²) in [5.41, 5.74) is 3.43. The predicted molar refractivity (Wildman–Crippen MR) is 89.5 cm³/mol. The largest absolute Gasteiger partial charge is 0.497 e. The molecule has 0 atom stereocenters. The Labute approximate surface area is 133 Å². The minimum atomic E-state index is -0.416. The maximum absolute atomic E-state index is 10.8. The Morgan fingerprint density at radius 2 is 1.91 bits per heavy atom. The number of pyridine rings is 1. The number of ether oxygens (including phenoxy) is 1. The van der Waals surface area contributed by atoms with E-state index >= 15 is 0 Å². The van der Waals surface area contributed by atoms with Crippen LogP contribution in [0.15, 0.2) is 61.3 Å². The van der Waals surface area contributed by atoms with Gasteiger partial charge in [-0.3, -0.25) is 15.1 Å². The van der Waals surface area contributed by atoms with Crippen molar-refractivity contribution in [3.05, 3.63) is 82.5 Å². The highest BCUT2D eigenvalue weighted by molar-refractivity contribution is 5.95. The summed E-state index contributed by atoms with van der Waals surface area (Å²) in [4.78, 5) is 14.7. The molecule has 2 aromatic carbocycles. The molecule has 0 amide bonds. The maximum Gasteiger partial charge on any atom is 0.269 e. The fraction of sp³-hybridized carbons (Fsp3) is 0.0556. The first kappa shape index (κ1) is 14.7. The SMILES string of the molecule is C=C(c1ccc([N+](=O)[O-])cc1)c1ccnc2cc(OC)ccc12. The monoisotopic (exact) mass is 306 g/mol. The zero-order valence-corrected chi connectivity index (χ0v) is 12.5. The number of methoxy groups -OCH3 is 1. The molecule has 5 nitrogen and oxygen atoms in total. The molecule has 0 N–H and O–H groups in total. The molecule has 0 saturated heterocycles. The van der Waals surface area contributed by atoms with Gasteiger partial charge in [-0.1, -0.05) is 6.58 Å². The van der Waals surface area contributed by atoms with E-state index < -0.39 is 4.92 Å². The van der Waals surface area contributed by atoms with Crippen LogP contribution in [0.25, 0.3) is 16.5 Å². The number of non-ortho nitro benzene ring substituents is 1. The van der Waals surface area contributed by atoms with Gasteiger partial charge in [0.25, 0.3) is 5.69 Å². The summed E-state index contributed by atoms with van der Waals surface area (Å²) in [7, 11) is 1.61. The van der Waals surface area contributed by atoms with Gasteiger partial charge in [0, 0.05) is 29.8 Å².